The number of carbonyl (C=O) groups is 2. The molecular formula is C16H14N2O6S2. The number of ether oxygens (including phenoxy) is 1. The number of primary amides is 1. The van der Waals surface area contributed by atoms with E-state index in [2.05, 4.69) is 0 Å². The molecule has 0 bridgehead atoms. The molecule has 0 fully saturated rings. The third-order valence-corrected chi connectivity index (χ3v) is 6.08. The molecule has 2 aromatic rings. The summed E-state index contributed by atoms with van der Waals surface area (Å²) < 4.78 is 32.7. The monoisotopic (exact) mass is 394 g/mol. The van der Waals surface area contributed by atoms with Crippen LogP contribution >= 0.6 is 11.8 Å². The summed E-state index contributed by atoms with van der Waals surface area (Å²) in [4.78, 5) is 23.4. The van der Waals surface area contributed by atoms with Crippen molar-refractivity contribution in [3.63, 3.8) is 0 Å². The zero-order chi connectivity index (χ0) is 18.9. The van der Waals surface area contributed by atoms with Crippen LogP contribution in [0.15, 0.2) is 57.2 Å². The van der Waals surface area contributed by atoms with Gasteiger partial charge in [-0.25, -0.2) is 8.42 Å². The molecule has 4 N–H and O–H groups in total. The van der Waals surface area contributed by atoms with Gasteiger partial charge in [0.25, 0.3) is 0 Å². The van der Waals surface area contributed by atoms with Gasteiger partial charge in [0.1, 0.15) is 17.5 Å². The maximum atomic E-state index is 12.5. The first-order chi connectivity index (χ1) is 12.3. The van der Waals surface area contributed by atoms with Crippen molar-refractivity contribution in [1.82, 2.24) is 4.72 Å². The molecule has 0 saturated heterocycles. The van der Waals surface area contributed by atoms with Crippen LogP contribution in [0.25, 0.3) is 0 Å². The zero-order valence-electron chi connectivity index (χ0n) is 13.2. The van der Waals surface area contributed by atoms with Crippen LogP contribution in [-0.2, 0) is 19.6 Å². The van der Waals surface area contributed by atoms with Crippen molar-refractivity contribution in [1.29, 1.82) is 0 Å². The molecular weight excluding hydrogens is 380 g/mol. The fourth-order valence-electron chi connectivity index (χ4n) is 2.31. The number of rotatable bonds is 6. The Kier molecular flexibility index (Phi) is 4.90. The molecule has 8 nitrogen and oxygen atoms in total. The molecule has 0 aromatic heterocycles. The summed E-state index contributed by atoms with van der Waals surface area (Å²) in [6.45, 7) is 0. The summed E-state index contributed by atoms with van der Waals surface area (Å²) >= 11 is 1.34. The highest BCUT2D eigenvalue weighted by Gasteiger charge is 2.28. The van der Waals surface area contributed by atoms with Crippen LogP contribution in [0.3, 0.4) is 0 Å². The molecule has 2 aromatic carbocycles. The number of hydrogen-bond donors (Lipinski definition) is 3. The fraction of sp³-hybridized carbons (Fsp3) is 0.125. The van der Waals surface area contributed by atoms with Crippen molar-refractivity contribution in [3.05, 3.63) is 42.5 Å². The number of fused-ring (bicyclic) bond motifs is 2. The van der Waals surface area contributed by atoms with Crippen LogP contribution in [0.4, 0.5) is 0 Å². The van der Waals surface area contributed by atoms with Crippen LogP contribution in [0.5, 0.6) is 11.5 Å². The van der Waals surface area contributed by atoms with Gasteiger partial charge >= 0.3 is 5.97 Å². The number of hydrogen-bond acceptors (Lipinski definition) is 6. The average Bonchev–Trinajstić information content (AvgIpc) is 2.58. The Morgan fingerprint density at radius 1 is 1.15 bits per heavy atom. The first-order valence-electron chi connectivity index (χ1n) is 7.38. The van der Waals surface area contributed by atoms with E-state index in [0.717, 1.165) is 4.90 Å². The third kappa shape index (κ3) is 3.82. The largest absolute Gasteiger partial charge is 0.480 e. The minimum absolute atomic E-state index is 0.137. The summed E-state index contributed by atoms with van der Waals surface area (Å²) in [5.74, 6) is -1.24. The molecule has 1 atom stereocenters. The van der Waals surface area contributed by atoms with Gasteiger partial charge in [0.05, 0.1) is 21.1 Å². The van der Waals surface area contributed by atoms with Crippen LogP contribution in [0.2, 0.25) is 0 Å². The van der Waals surface area contributed by atoms with E-state index in [1.54, 1.807) is 6.07 Å². The lowest BCUT2D eigenvalue weighted by atomic mass is 10.2. The number of nitrogens with one attached hydrogen (secondary N) is 1. The second-order valence-electron chi connectivity index (χ2n) is 5.44. The lowest BCUT2D eigenvalue weighted by Crippen LogP contribution is -2.43. The minimum atomic E-state index is -4.17. The van der Waals surface area contributed by atoms with E-state index in [0.29, 0.717) is 16.4 Å². The maximum Gasteiger partial charge on any atom is 0.322 e. The van der Waals surface area contributed by atoms with E-state index < -0.39 is 34.4 Å². The van der Waals surface area contributed by atoms with Crippen molar-refractivity contribution >= 4 is 33.7 Å². The van der Waals surface area contributed by atoms with Crippen LogP contribution in [0, 0.1) is 0 Å². The SMILES string of the molecule is NC(=O)C[C@H](NS(=O)(=O)c1ccc2c(c1)Sc1ccccc1O2)C(=O)O. The van der Waals surface area contributed by atoms with E-state index >= 15 is 0 Å². The summed E-state index contributed by atoms with van der Waals surface area (Å²) in [6, 6.07) is 9.87. The number of amides is 1. The molecule has 0 unspecified atom stereocenters. The van der Waals surface area contributed by atoms with Gasteiger partial charge in [0.2, 0.25) is 15.9 Å². The van der Waals surface area contributed by atoms with Gasteiger partial charge < -0.3 is 15.6 Å². The normalized spacial score (nSPS) is 13.8. The summed E-state index contributed by atoms with van der Waals surface area (Å²) in [5.41, 5.74) is 4.97. The average molecular weight is 394 g/mol. The zero-order valence-corrected chi connectivity index (χ0v) is 14.8. The number of aliphatic carboxylic acids is 1. The Hall–Kier alpha value is -2.56. The quantitative estimate of drug-likeness (QED) is 0.577. The summed E-state index contributed by atoms with van der Waals surface area (Å²) in [7, 11) is -4.17. The topological polar surface area (TPSA) is 136 Å². The summed E-state index contributed by atoms with van der Waals surface area (Å²) in [6.07, 6.45) is -0.648. The van der Waals surface area contributed by atoms with Crippen molar-refractivity contribution < 1.29 is 27.9 Å². The van der Waals surface area contributed by atoms with Gasteiger partial charge in [-0.05, 0) is 30.3 Å². The Balaban J connectivity index is 1.88. The molecule has 3 rings (SSSR count). The predicted octanol–water partition coefficient (Wildman–Crippen LogP) is 1.55. The Bertz CT molecular complexity index is 990. The van der Waals surface area contributed by atoms with Gasteiger partial charge in [0, 0.05) is 0 Å². The second-order valence-corrected chi connectivity index (χ2v) is 8.24. The molecule has 26 heavy (non-hydrogen) atoms. The van der Waals surface area contributed by atoms with Gasteiger partial charge in [-0.15, -0.1) is 0 Å². The highest BCUT2D eigenvalue weighted by Crippen LogP contribution is 2.47. The van der Waals surface area contributed by atoms with E-state index in [9.17, 15) is 18.0 Å². The lowest BCUT2D eigenvalue weighted by Gasteiger charge is -2.20. The molecule has 136 valence electrons. The molecule has 1 amide bonds. The number of carboxylic acid groups (broad SMARTS) is 1. The Labute approximate surface area is 153 Å². The van der Waals surface area contributed by atoms with Crippen molar-refractivity contribution in [2.24, 2.45) is 5.73 Å². The lowest BCUT2D eigenvalue weighted by molar-refractivity contribution is -0.140. The van der Waals surface area contributed by atoms with E-state index in [4.69, 9.17) is 15.6 Å². The molecule has 0 aliphatic carbocycles. The number of benzene rings is 2. The van der Waals surface area contributed by atoms with Gasteiger partial charge in [-0.3, -0.25) is 9.59 Å². The third-order valence-electron chi connectivity index (χ3n) is 3.52. The molecule has 0 saturated carbocycles. The first-order valence-corrected chi connectivity index (χ1v) is 9.68. The van der Waals surface area contributed by atoms with Crippen LogP contribution in [-0.4, -0.2) is 31.4 Å². The van der Waals surface area contributed by atoms with Crippen molar-refractivity contribution in [2.45, 2.75) is 27.1 Å². The van der Waals surface area contributed by atoms with E-state index in [-0.39, 0.29) is 4.90 Å². The maximum absolute atomic E-state index is 12.5. The number of sulfonamides is 1. The van der Waals surface area contributed by atoms with E-state index in [1.807, 2.05) is 22.9 Å². The first kappa shape index (κ1) is 18.2. The number of carbonyl (C=O) groups excluding carboxylic acids is 1. The second kappa shape index (κ2) is 6.98. The van der Waals surface area contributed by atoms with Crippen LogP contribution in [0.1, 0.15) is 6.42 Å². The highest BCUT2D eigenvalue weighted by molar-refractivity contribution is 7.99. The van der Waals surface area contributed by atoms with Crippen molar-refractivity contribution in [3.8, 4) is 11.5 Å². The summed E-state index contributed by atoms with van der Waals surface area (Å²) in [5, 5.41) is 9.07. The van der Waals surface area contributed by atoms with E-state index in [1.165, 1.54) is 30.0 Å². The standard InChI is InChI=1S/C16H14N2O6S2/c17-15(19)8-10(16(20)21)18-26(22,23)9-5-6-12-14(7-9)25-13-4-2-1-3-11(13)24-12/h1-7,10,18H,8H2,(H2,17,19)(H,20,21)/t10-/m0/s1. The fourth-order valence-corrected chi connectivity index (χ4v) is 4.59. The molecule has 10 heteroatoms. The van der Waals surface area contributed by atoms with Gasteiger partial charge in [0.15, 0.2) is 0 Å². The predicted molar refractivity (Wildman–Crippen MR) is 92.6 cm³/mol. The number of para-hydroxylation sites is 1. The Morgan fingerprint density at radius 3 is 2.54 bits per heavy atom. The Morgan fingerprint density at radius 2 is 1.85 bits per heavy atom. The molecule has 0 spiro atoms. The van der Waals surface area contributed by atoms with Crippen molar-refractivity contribution in [2.75, 3.05) is 0 Å². The number of carboxylic acids is 1. The minimum Gasteiger partial charge on any atom is -0.480 e. The molecule has 1 heterocycles. The molecule has 1 aliphatic rings. The highest BCUT2D eigenvalue weighted by atomic mass is 32.2. The van der Waals surface area contributed by atoms with Crippen LogP contribution < -0.4 is 15.2 Å². The van der Waals surface area contributed by atoms with Gasteiger partial charge in [-0.1, -0.05) is 23.9 Å². The smallest absolute Gasteiger partial charge is 0.322 e. The number of nitrogens with two attached hydrogens (primary N) is 1. The molecule has 0 radical (unpaired) electrons. The molecule has 1 aliphatic heterocycles. The van der Waals surface area contributed by atoms with Gasteiger partial charge in [-0.2, -0.15) is 4.72 Å².